The van der Waals surface area contributed by atoms with E-state index in [0.717, 1.165) is 10.5 Å². The van der Waals surface area contributed by atoms with Gasteiger partial charge in [0.2, 0.25) is 5.91 Å². The quantitative estimate of drug-likeness (QED) is 0.706. The molecule has 0 saturated heterocycles. The number of hydrogen-bond donors (Lipinski definition) is 1. The number of carbonyl (C=O) groups excluding carboxylic acids is 2. The van der Waals surface area contributed by atoms with Crippen LogP contribution in [0.5, 0.6) is 0 Å². The molecule has 0 aliphatic carbocycles. The first-order valence-electron chi connectivity index (χ1n) is 8.24. The first-order chi connectivity index (χ1) is 12.4. The van der Waals surface area contributed by atoms with Gasteiger partial charge in [-0.3, -0.25) is 9.59 Å². The lowest BCUT2D eigenvalue weighted by Crippen LogP contribution is -2.50. The predicted octanol–water partition coefficient (Wildman–Crippen LogP) is 1.70. The average Bonchev–Trinajstić information content (AvgIpc) is 3.16. The number of rotatable bonds is 8. The smallest absolute Gasteiger partial charge is 0.251 e. The van der Waals surface area contributed by atoms with Gasteiger partial charge < -0.3 is 10.6 Å². The number of nitrogens with zero attached hydrogens (tertiary/aromatic N) is 3. The van der Waals surface area contributed by atoms with Crippen molar-refractivity contribution in [2.24, 2.45) is 11.7 Å². The number of carbonyl (C=O) groups is 2. The van der Waals surface area contributed by atoms with Gasteiger partial charge in [-0.25, -0.2) is 9.88 Å². The van der Waals surface area contributed by atoms with Gasteiger partial charge in [0.05, 0.1) is 24.6 Å². The van der Waals surface area contributed by atoms with Crippen LogP contribution in [0.15, 0.2) is 41.2 Å². The second kappa shape index (κ2) is 9.54. The van der Waals surface area contributed by atoms with Gasteiger partial charge in [-0.1, -0.05) is 30.3 Å². The van der Waals surface area contributed by atoms with Crippen LogP contribution in [0, 0.1) is 5.92 Å². The van der Waals surface area contributed by atoms with Crippen molar-refractivity contribution in [2.75, 3.05) is 25.6 Å². The highest BCUT2D eigenvalue weighted by Crippen LogP contribution is 2.21. The summed E-state index contributed by atoms with van der Waals surface area (Å²) in [5.41, 5.74) is 8.34. The summed E-state index contributed by atoms with van der Waals surface area (Å²) in [6, 6.07) is 8.85. The lowest BCUT2D eigenvalue weighted by Gasteiger charge is -2.27. The lowest BCUT2D eigenvalue weighted by molar-refractivity contribution is -0.139. The number of thiazole rings is 1. The average molecular weight is 376 g/mol. The van der Waals surface area contributed by atoms with E-state index in [1.165, 1.54) is 18.4 Å². The summed E-state index contributed by atoms with van der Waals surface area (Å²) in [6.45, 7) is 1.89. The molecule has 0 saturated carbocycles. The van der Waals surface area contributed by atoms with Gasteiger partial charge in [0, 0.05) is 19.0 Å². The minimum Gasteiger partial charge on any atom is -0.320 e. The van der Waals surface area contributed by atoms with E-state index in [4.69, 9.17) is 10.6 Å². The molecule has 7 nitrogen and oxygen atoms in total. The highest BCUT2D eigenvalue weighted by molar-refractivity contribution is 7.08. The van der Waals surface area contributed by atoms with Crippen LogP contribution in [0.3, 0.4) is 0 Å². The molecule has 2 aromatic rings. The summed E-state index contributed by atoms with van der Waals surface area (Å²) in [6.07, 6.45) is 0.472. The van der Waals surface area contributed by atoms with Gasteiger partial charge in [0.1, 0.15) is 0 Å². The molecular formula is C18H24N4O3S. The first kappa shape index (κ1) is 20.2. The topological polar surface area (TPSA) is 88.8 Å². The van der Waals surface area contributed by atoms with Gasteiger partial charge in [-0.05, 0) is 18.9 Å². The van der Waals surface area contributed by atoms with Crippen LogP contribution in [0.25, 0.3) is 0 Å². The van der Waals surface area contributed by atoms with Crippen molar-refractivity contribution in [2.45, 2.75) is 19.4 Å². The molecule has 140 valence electrons. The van der Waals surface area contributed by atoms with E-state index >= 15 is 0 Å². The number of hydroxylamine groups is 2. The molecule has 0 aliphatic rings. The number of aromatic nitrogens is 1. The fourth-order valence-electron chi connectivity index (χ4n) is 2.55. The van der Waals surface area contributed by atoms with Crippen molar-refractivity contribution in [3.63, 3.8) is 0 Å². The summed E-state index contributed by atoms with van der Waals surface area (Å²) in [7, 11) is 3.28. The van der Waals surface area contributed by atoms with Crippen LogP contribution < -0.4 is 10.6 Å². The molecule has 1 aromatic carbocycles. The van der Waals surface area contributed by atoms with Gasteiger partial charge in [0.15, 0.2) is 5.82 Å². The van der Waals surface area contributed by atoms with E-state index in [9.17, 15) is 9.59 Å². The number of anilines is 1. The largest absolute Gasteiger partial charge is 0.320 e. The number of benzene rings is 1. The Balaban J connectivity index is 2.33. The molecule has 0 bridgehead atoms. The van der Waals surface area contributed by atoms with Crippen molar-refractivity contribution >= 4 is 29.0 Å². The molecule has 2 amide bonds. The predicted molar refractivity (Wildman–Crippen MR) is 102 cm³/mol. The molecule has 0 aliphatic heterocycles. The van der Waals surface area contributed by atoms with E-state index in [1.54, 1.807) is 29.9 Å². The number of nitrogens with two attached hydrogens (primary N) is 1. The second-order valence-corrected chi connectivity index (χ2v) is 6.75. The maximum atomic E-state index is 13.3. The third-order valence-corrected chi connectivity index (χ3v) is 4.52. The molecular weight excluding hydrogens is 352 g/mol. The van der Waals surface area contributed by atoms with Crippen molar-refractivity contribution in [3.05, 3.63) is 46.8 Å². The third-order valence-electron chi connectivity index (χ3n) is 3.94. The molecule has 1 aromatic heterocycles. The zero-order valence-corrected chi connectivity index (χ0v) is 16.0. The molecule has 0 fully saturated rings. The first-order valence-corrected chi connectivity index (χ1v) is 9.19. The molecule has 0 radical (unpaired) electrons. The summed E-state index contributed by atoms with van der Waals surface area (Å²) in [4.78, 5) is 36.3. The summed E-state index contributed by atoms with van der Waals surface area (Å²) in [5.74, 6) is -1.00. The minimum atomic E-state index is -0.807. The van der Waals surface area contributed by atoms with Crippen molar-refractivity contribution in [3.8, 4) is 0 Å². The van der Waals surface area contributed by atoms with E-state index in [2.05, 4.69) is 4.98 Å². The fourth-order valence-corrected chi connectivity index (χ4v) is 3.07. The summed E-state index contributed by atoms with van der Waals surface area (Å²) < 4.78 is 0. The molecule has 2 rings (SSSR count). The minimum absolute atomic E-state index is 0.306. The van der Waals surface area contributed by atoms with Gasteiger partial charge in [-0.15, -0.1) is 11.3 Å². The van der Waals surface area contributed by atoms with Crippen LogP contribution >= 0.6 is 11.3 Å². The maximum Gasteiger partial charge on any atom is 0.251 e. The third kappa shape index (κ3) is 5.18. The van der Waals surface area contributed by atoms with Crippen molar-refractivity contribution in [1.82, 2.24) is 10.0 Å². The zero-order valence-electron chi connectivity index (χ0n) is 15.2. The SMILES string of the molecule is CON(C)CC(Cc1ccccc1)C(=O)N(C(=O)[C@@H](C)N)c1cscn1. The van der Waals surface area contributed by atoms with E-state index in [-0.39, 0.29) is 5.91 Å². The fraction of sp³-hybridized carbons (Fsp3) is 0.389. The number of imide groups is 1. The zero-order chi connectivity index (χ0) is 19.1. The van der Waals surface area contributed by atoms with Gasteiger partial charge in [0.25, 0.3) is 5.91 Å². The van der Waals surface area contributed by atoms with Gasteiger partial charge in [-0.2, -0.15) is 5.06 Å². The Morgan fingerprint density at radius 2 is 1.96 bits per heavy atom. The lowest BCUT2D eigenvalue weighted by atomic mass is 9.97. The van der Waals surface area contributed by atoms with Crippen LogP contribution in [0.2, 0.25) is 0 Å². The second-order valence-electron chi connectivity index (χ2n) is 6.03. The number of amides is 2. The molecule has 2 N–H and O–H groups in total. The Morgan fingerprint density at radius 1 is 1.27 bits per heavy atom. The van der Waals surface area contributed by atoms with E-state index < -0.39 is 17.9 Å². The van der Waals surface area contributed by atoms with Gasteiger partial charge >= 0.3 is 0 Å². The van der Waals surface area contributed by atoms with Crippen molar-refractivity contribution in [1.29, 1.82) is 0 Å². The van der Waals surface area contributed by atoms with Crippen LogP contribution in [-0.2, 0) is 20.8 Å². The molecule has 1 unspecified atom stereocenters. The summed E-state index contributed by atoms with van der Waals surface area (Å²) >= 11 is 1.32. The van der Waals surface area contributed by atoms with Crippen molar-refractivity contribution < 1.29 is 14.4 Å². The van der Waals surface area contributed by atoms with Crippen LogP contribution in [-0.4, -0.2) is 48.6 Å². The summed E-state index contributed by atoms with van der Waals surface area (Å²) in [5, 5.41) is 3.23. The molecule has 2 atom stereocenters. The highest BCUT2D eigenvalue weighted by Gasteiger charge is 2.33. The van der Waals surface area contributed by atoms with E-state index in [0.29, 0.717) is 18.8 Å². The Labute approximate surface area is 157 Å². The molecule has 26 heavy (non-hydrogen) atoms. The molecule has 8 heteroatoms. The van der Waals surface area contributed by atoms with E-state index in [1.807, 2.05) is 30.3 Å². The number of hydrogen-bond acceptors (Lipinski definition) is 7. The normalized spacial score (nSPS) is 13.4. The Kier molecular flexibility index (Phi) is 7.40. The van der Waals surface area contributed by atoms with Crippen LogP contribution in [0.4, 0.5) is 5.82 Å². The van der Waals surface area contributed by atoms with Crippen LogP contribution in [0.1, 0.15) is 12.5 Å². The maximum absolute atomic E-state index is 13.3. The Morgan fingerprint density at radius 3 is 2.50 bits per heavy atom. The highest BCUT2D eigenvalue weighted by atomic mass is 32.1. The molecule has 0 spiro atoms. The standard InChI is InChI=1S/C18H24N4O3S/c1-13(19)17(23)22(16-11-26-12-20-16)18(24)15(10-21(2)25-3)9-14-7-5-4-6-8-14/h4-8,11-13,15H,9-10,19H2,1-3H3/t13-,15?/m1/s1. The Bertz CT molecular complexity index is 706. The Hall–Kier alpha value is -2.13. The molecule has 1 heterocycles. The monoisotopic (exact) mass is 376 g/mol.